The van der Waals surface area contributed by atoms with Crippen LogP contribution < -0.4 is 0 Å². The molecule has 2 aliphatic carbocycles. The molecule has 25 heavy (non-hydrogen) atoms. The topological polar surface area (TPSA) is 3.24 Å². The first kappa shape index (κ1) is 15.6. The molecular weight excluding hydrogens is 302 g/mol. The zero-order chi connectivity index (χ0) is 17.0. The van der Waals surface area contributed by atoms with Gasteiger partial charge in [-0.15, -0.1) is 0 Å². The second-order valence-electron chi connectivity index (χ2n) is 8.75. The Bertz CT molecular complexity index is 790. The number of fused-ring (bicyclic) bond motifs is 1. The Labute approximate surface area is 152 Å². The summed E-state index contributed by atoms with van der Waals surface area (Å²) in [5, 5.41) is 0. The van der Waals surface area contributed by atoms with E-state index in [1.54, 1.807) is 11.1 Å². The van der Waals surface area contributed by atoms with Crippen molar-refractivity contribution in [3.8, 4) is 11.1 Å². The van der Waals surface area contributed by atoms with Gasteiger partial charge in [-0.05, 0) is 74.4 Å². The highest BCUT2D eigenvalue weighted by molar-refractivity contribution is 5.66. The molecule has 0 spiro atoms. The Balaban J connectivity index is 1.64. The number of nitrogens with zero attached hydrogens (tertiary/aromatic N) is 1. The van der Waals surface area contributed by atoms with Crippen LogP contribution in [-0.4, -0.2) is 24.5 Å². The van der Waals surface area contributed by atoms with Crippen molar-refractivity contribution in [1.29, 1.82) is 0 Å². The van der Waals surface area contributed by atoms with Crippen LogP contribution in [0, 0.1) is 12.8 Å². The first-order chi connectivity index (χ1) is 12.2. The van der Waals surface area contributed by atoms with Gasteiger partial charge in [0.2, 0.25) is 0 Å². The average Bonchev–Trinajstić information content (AvgIpc) is 2.65. The van der Waals surface area contributed by atoms with E-state index in [0.29, 0.717) is 5.41 Å². The second kappa shape index (κ2) is 5.71. The minimum Gasteiger partial charge on any atom is -0.303 e. The van der Waals surface area contributed by atoms with Gasteiger partial charge in [0, 0.05) is 11.5 Å². The van der Waals surface area contributed by atoms with Gasteiger partial charge in [0.25, 0.3) is 0 Å². The third kappa shape index (κ3) is 2.32. The molecule has 5 rings (SSSR count). The molecule has 3 atom stereocenters. The molecule has 3 aliphatic rings. The maximum atomic E-state index is 2.66. The molecule has 0 amide bonds. The summed E-state index contributed by atoms with van der Waals surface area (Å²) in [5.41, 5.74) is 7.92. The minimum atomic E-state index is 0.462. The van der Waals surface area contributed by atoms with E-state index in [0.717, 1.165) is 12.0 Å². The molecule has 0 unspecified atom stereocenters. The molecule has 130 valence electrons. The lowest BCUT2D eigenvalue weighted by atomic mass is 9.52. The number of likely N-dealkylation sites (N-methyl/N-ethyl adjacent to an activating group) is 1. The molecule has 2 bridgehead atoms. The van der Waals surface area contributed by atoms with Crippen LogP contribution in [0.3, 0.4) is 0 Å². The summed E-state index contributed by atoms with van der Waals surface area (Å²) in [6, 6.07) is 17.2. The van der Waals surface area contributed by atoms with Crippen molar-refractivity contribution in [2.75, 3.05) is 13.6 Å². The highest BCUT2D eigenvalue weighted by atomic mass is 15.1. The molecule has 2 fully saturated rings. The monoisotopic (exact) mass is 331 g/mol. The van der Waals surface area contributed by atoms with Gasteiger partial charge in [0.05, 0.1) is 0 Å². The number of likely N-dealkylation sites (tertiary alicyclic amines) is 1. The average molecular weight is 332 g/mol. The first-order valence-corrected chi connectivity index (χ1v) is 10.1. The molecule has 1 saturated heterocycles. The zero-order valence-electron chi connectivity index (χ0n) is 15.6. The summed E-state index contributed by atoms with van der Waals surface area (Å²) in [7, 11) is 2.36. The standard InChI is InChI=1S/C24H29N/c1-17-6-8-18(9-7-17)19-10-11-20-16-23-21-5-3-4-12-24(21,22(20)15-19)13-14-25(23)2/h6-11,15,21,23H,3-5,12-14,16H2,1-2H3/t21-,23+,24+/m0/s1. The summed E-state index contributed by atoms with van der Waals surface area (Å²) in [4.78, 5) is 2.66. The molecule has 1 aliphatic heterocycles. The molecule has 2 aromatic carbocycles. The van der Waals surface area contributed by atoms with Gasteiger partial charge in [0.15, 0.2) is 0 Å². The number of hydrogen-bond acceptors (Lipinski definition) is 1. The van der Waals surface area contributed by atoms with Crippen molar-refractivity contribution in [3.63, 3.8) is 0 Å². The normalized spacial score (nSPS) is 31.3. The van der Waals surface area contributed by atoms with Gasteiger partial charge in [-0.3, -0.25) is 0 Å². The van der Waals surface area contributed by atoms with Gasteiger partial charge in [-0.25, -0.2) is 0 Å². The number of piperidine rings is 1. The zero-order valence-corrected chi connectivity index (χ0v) is 15.6. The van der Waals surface area contributed by atoms with E-state index in [1.165, 1.54) is 61.8 Å². The fourth-order valence-electron chi connectivity index (χ4n) is 6.12. The predicted molar refractivity (Wildman–Crippen MR) is 105 cm³/mol. The number of rotatable bonds is 1. The summed E-state index contributed by atoms with van der Waals surface area (Å²) in [5.74, 6) is 0.876. The fraction of sp³-hybridized carbons (Fsp3) is 0.500. The lowest BCUT2D eigenvalue weighted by Gasteiger charge is -2.58. The molecule has 0 N–H and O–H groups in total. The van der Waals surface area contributed by atoms with E-state index in [9.17, 15) is 0 Å². The smallest absolute Gasteiger partial charge is 0.0169 e. The maximum Gasteiger partial charge on any atom is 0.0169 e. The van der Waals surface area contributed by atoms with Crippen molar-refractivity contribution in [3.05, 3.63) is 59.2 Å². The quantitative estimate of drug-likeness (QED) is 0.681. The van der Waals surface area contributed by atoms with Gasteiger partial charge in [-0.1, -0.05) is 60.9 Å². The number of benzene rings is 2. The highest BCUT2D eigenvalue weighted by Gasteiger charge is 2.52. The van der Waals surface area contributed by atoms with Crippen LogP contribution in [0.25, 0.3) is 11.1 Å². The van der Waals surface area contributed by atoms with E-state index in [-0.39, 0.29) is 0 Å². The van der Waals surface area contributed by atoms with Gasteiger partial charge in [-0.2, -0.15) is 0 Å². The third-order valence-electron chi connectivity index (χ3n) is 7.50. The van der Waals surface area contributed by atoms with E-state index in [2.05, 4.69) is 61.3 Å². The van der Waals surface area contributed by atoms with Crippen LogP contribution in [0.4, 0.5) is 0 Å². The van der Waals surface area contributed by atoms with Crippen LogP contribution in [0.15, 0.2) is 42.5 Å². The van der Waals surface area contributed by atoms with Crippen LogP contribution in [-0.2, 0) is 11.8 Å². The van der Waals surface area contributed by atoms with E-state index in [4.69, 9.17) is 0 Å². The lowest BCUT2D eigenvalue weighted by molar-refractivity contribution is 0.00290. The van der Waals surface area contributed by atoms with Crippen LogP contribution >= 0.6 is 0 Å². The Kier molecular flexibility index (Phi) is 3.57. The summed E-state index contributed by atoms with van der Waals surface area (Å²) < 4.78 is 0. The predicted octanol–water partition coefficient (Wildman–Crippen LogP) is 5.35. The molecule has 0 aromatic heterocycles. The largest absolute Gasteiger partial charge is 0.303 e. The van der Waals surface area contributed by atoms with Crippen molar-refractivity contribution in [1.82, 2.24) is 4.90 Å². The van der Waals surface area contributed by atoms with Gasteiger partial charge in [0.1, 0.15) is 0 Å². The Hall–Kier alpha value is -1.60. The van der Waals surface area contributed by atoms with Crippen LogP contribution in [0.5, 0.6) is 0 Å². The Morgan fingerprint density at radius 3 is 2.60 bits per heavy atom. The van der Waals surface area contributed by atoms with Gasteiger partial charge < -0.3 is 4.90 Å². The van der Waals surface area contributed by atoms with Gasteiger partial charge >= 0.3 is 0 Å². The van der Waals surface area contributed by atoms with Crippen molar-refractivity contribution >= 4 is 0 Å². The van der Waals surface area contributed by atoms with Crippen molar-refractivity contribution in [2.45, 2.75) is 56.9 Å². The molecule has 1 nitrogen and oxygen atoms in total. The Morgan fingerprint density at radius 2 is 1.76 bits per heavy atom. The number of aryl methyl sites for hydroxylation is 1. The van der Waals surface area contributed by atoms with E-state index >= 15 is 0 Å². The molecular formula is C24H29N. The van der Waals surface area contributed by atoms with Crippen molar-refractivity contribution < 1.29 is 0 Å². The maximum absolute atomic E-state index is 2.66. The third-order valence-corrected chi connectivity index (χ3v) is 7.50. The molecule has 1 heteroatoms. The van der Waals surface area contributed by atoms with E-state index < -0.39 is 0 Å². The summed E-state index contributed by atoms with van der Waals surface area (Å²) in [6.07, 6.45) is 8.31. The van der Waals surface area contributed by atoms with E-state index in [1.807, 2.05) is 0 Å². The number of hydrogen-bond donors (Lipinski definition) is 0. The summed E-state index contributed by atoms with van der Waals surface area (Å²) >= 11 is 0. The lowest BCUT2D eigenvalue weighted by Crippen LogP contribution is -2.59. The van der Waals surface area contributed by atoms with Crippen molar-refractivity contribution in [2.24, 2.45) is 5.92 Å². The Morgan fingerprint density at radius 1 is 0.960 bits per heavy atom. The molecule has 1 saturated carbocycles. The van der Waals surface area contributed by atoms with Crippen LogP contribution in [0.2, 0.25) is 0 Å². The fourth-order valence-corrected chi connectivity index (χ4v) is 6.12. The molecule has 0 radical (unpaired) electrons. The second-order valence-corrected chi connectivity index (χ2v) is 8.75. The molecule has 2 aromatic rings. The molecule has 1 heterocycles. The minimum absolute atomic E-state index is 0.462. The van der Waals surface area contributed by atoms with Crippen LogP contribution in [0.1, 0.15) is 48.8 Å². The SMILES string of the molecule is Cc1ccc(-c2ccc3c(c2)[C@@]24CCCC[C@H]2[C@@H](C3)N(C)CC4)cc1. The first-order valence-electron chi connectivity index (χ1n) is 10.1. The highest BCUT2D eigenvalue weighted by Crippen LogP contribution is 2.55. The summed E-state index contributed by atoms with van der Waals surface area (Å²) in [6.45, 7) is 3.44.